The van der Waals surface area contributed by atoms with Crippen LogP contribution in [0.1, 0.15) is 44.2 Å². The minimum Gasteiger partial charge on any atom is -0.497 e. The van der Waals surface area contributed by atoms with Gasteiger partial charge in [0.1, 0.15) is 5.75 Å². The highest BCUT2D eigenvalue weighted by atomic mass is 32.2. The van der Waals surface area contributed by atoms with E-state index >= 15 is 0 Å². The number of amides is 2. The second-order valence-electron chi connectivity index (χ2n) is 8.15. The van der Waals surface area contributed by atoms with Gasteiger partial charge in [-0.2, -0.15) is 0 Å². The smallest absolute Gasteiger partial charge is 0.222 e. The van der Waals surface area contributed by atoms with E-state index in [9.17, 15) is 18.0 Å². The number of sulfone groups is 1. The molecule has 9 heteroatoms. The van der Waals surface area contributed by atoms with E-state index in [2.05, 4.69) is 15.5 Å². The molecule has 2 amide bonds. The quantitative estimate of drug-likeness (QED) is 0.660. The zero-order valence-corrected chi connectivity index (χ0v) is 18.4. The van der Waals surface area contributed by atoms with Crippen molar-refractivity contribution in [1.29, 1.82) is 0 Å². The summed E-state index contributed by atoms with van der Waals surface area (Å²) in [6.45, 7) is 3.14. The van der Waals surface area contributed by atoms with Crippen molar-refractivity contribution >= 4 is 21.7 Å². The Morgan fingerprint density at radius 2 is 1.80 bits per heavy atom. The van der Waals surface area contributed by atoms with Crippen LogP contribution in [0.2, 0.25) is 0 Å². The molecule has 8 nitrogen and oxygen atoms in total. The van der Waals surface area contributed by atoms with Crippen molar-refractivity contribution in [3.05, 3.63) is 29.8 Å². The fourth-order valence-electron chi connectivity index (χ4n) is 4.36. The van der Waals surface area contributed by atoms with Crippen LogP contribution in [0.15, 0.2) is 24.3 Å². The zero-order valence-electron chi connectivity index (χ0n) is 17.6. The third kappa shape index (κ3) is 5.95. The van der Waals surface area contributed by atoms with Gasteiger partial charge >= 0.3 is 0 Å². The molecule has 2 aliphatic rings. The first-order chi connectivity index (χ1) is 14.3. The monoisotopic (exact) mass is 437 g/mol. The van der Waals surface area contributed by atoms with Gasteiger partial charge in [0.25, 0.3) is 0 Å². The molecule has 0 spiro atoms. The van der Waals surface area contributed by atoms with Crippen LogP contribution in [0.25, 0.3) is 0 Å². The minimum atomic E-state index is -3.19. The van der Waals surface area contributed by atoms with E-state index in [0.29, 0.717) is 5.75 Å². The highest BCUT2D eigenvalue weighted by Crippen LogP contribution is 2.24. The first kappa shape index (κ1) is 22.6. The Morgan fingerprint density at radius 1 is 1.13 bits per heavy atom. The summed E-state index contributed by atoms with van der Waals surface area (Å²) < 4.78 is 29.7. The molecule has 1 aromatic carbocycles. The third-order valence-corrected chi connectivity index (χ3v) is 7.53. The molecule has 0 radical (unpaired) electrons. The molecular formula is C21H31N3O5S. The Labute approximate surface area is 178 Å². The van der Waals surface area contributed by atoms with Gasteiger partial charge in [0.05, 0.1) is 37.1 Å². The number of piperidine rings is 1. The van der Waals surface area contributed by atoms with Crippen molar-refractivity contribution < 1.29 is 22.7 Å². The lowest BCUT2D eigenvalue weighted by molar-refractivity contribution is -0.123. The number of nitrogens with zero attached hydrogens (tertiary/aromatic N) is 1. The number of ether oxygens (including phenoxy) is 1. The van der Waals surface area contributed by atoms with Crippen molar-refractivity contribution in [2.45, 2.75) is 50.7 Å². The molecule has 0 saturated carbocycles. The van der Waals surface area contributed by atoms with Crippen LogP contribution in [0, 0.1) is 0 Å². The molecule has 1 aromatic rings. The van der Waals surface area contributed by atoms with E-state index < -0.39 is 21.9 Å². The van der Waals surface area contributed by atoms with E-state index in [4.69, 9.17) is 4.74 Å². The number of nitrogens with one attached hydrogen (secondary N) is 2. The number of rotatable bonds is 7. The molecule has 2 aliphatic heterocycles. The molecule has 3 atom stereocenters. The Bertz CT molecular complexity index is 850. The van der Waals surface area contributed by atoms with Gasteiger partial charge in [-0.3, -0.25) is 14.5 Å². The average Bonchev–Trinajstić information content (AvgIpc) is 3.02. The van der Waals surface area contributed by atoms with Crippen LogP contribution >= 0.6 is 0 Å². The first-order valence-corrected chi connectivity index (χ1v) is 12.2. The highest BCUT2D eigenvalue weighted by molar-refractivity contribution is 7.91. The first-order valence-electron chi connectivity index (χ1n) is 10.4. The van der Waals surface area contributed by atoms with Gasteiger partial charge < -0.3 is 15.4 Å². The van der Waals surface area contributed by atoms with Gasteiger partial charge in [0.15, 0.2) is 9.84 Å². The summed E-state index contributed by atoms with van der Waals surface area (Å²) in [5.74, 6) is 0.232. The lowest BCUT2D eigenvalue weighted by atomic mass is 10.0. The zero-order chi connectivity index (χ0) is 21.7. The minimum absolute atomic E-state index is 0.0345. The van der Waals surface area contributed by atoms with Crippen molar-refractivity contribution in [1.82, 2.24) is 15.5 Å². The van der Waals surface area contributed by atoms with Gasteiger partial charge in [-0.05, 0) is 43.6 Å². The second-order valence-corrected chi connectivity index (χ2v) is 10.3. The van der Waals surface area contributed by atoms with Crippen molar-refractivity contribution in [3.8, 4) is 5.75 Å². The Balaban J connectivity index is 1.69. The molecule has 0 aliphatic carbocycles. The van der Waals surface area contributed by atoms with Gasteiger partial charge in [-0.15, -0.1) is 0 Å². The molecule has 30 heavy (non-hydrogen) atoms. The number of carbonyl (C=O) groups is 2. The summed E-state index contributed by atoms with van der Waals surface area (Å²) in [5.41, 5.74) is 0.785. The van der Waals surface area contributed by atoms with E-state index in [1.807, 2.05) is 12.1 Å². The van der Waals surface area contributed by atoms with Crippen LogP contribution < -0.4 is 15.4 Å². The topological polar surface area (TPSA) is 105 Å². The van der Waals surface area contributed by atoms with E-state index in [1.165, 1.54) is 6.92 Å². The molecule has 2 saturated heterocycles. The molecule has 2 heterocycles. The van der Waals surface area contributed by atoms with Crippen molar-refractivity contribution in [3.63, 3.8) is 0 Å². The van der Waals surface area contributed by atoms with Crippen LogP contribution in [0.5, 0.6) is 5.75 Å². The maximum absolute atomic E-state index is 12.8. The summed E-state index contributed by atoms with van der Waals surface area (Å²) in [5, 5.41) is 5.75. The van der Waals surface area contributed by atoms with Crippen molar-refractivity contribution in [2.75, 3.05) is 31.7 Å². The number of likely N-dealkylation sites (tertiary alicyclic amines) is 1. The maximum Gasteiger partial charge on any atom is 0.222 e. The number of benzene rings is 1. The molecule has 3 unspecified atom stereocenters. The normalized spacial score (nSPS) is 24.7. The predicted molar refractivity (Wildman–Crippen MR) is 114 cm³/mol. The SMILES string of the molecule is COc1ccc(C(CC(=O)NC2CS(=O)(=O)CC2N2CCCCC2)NC(C)=O)cc1. The molecule has 3 rings (SSSR count). The molecule has 2 fully saturated rings. The summed E-state index contributed by atoms with van der Waals surface area (Å²) in [7, 11) is -1.62. The Kier molecular flexibility index (Phi) is 7.36. The third-order valence-electron chi connectivity index (χ3n) is 5.81. The van der Waals surface area contributed by atoms with Gasteiger partial charge in [-0.25, -0.2) is 8.42 Å². The predicted octanol–water partition coefficient (Wildman–Crippen LogP) is 1.03. The van der Waals surface area contributed by atoms with E-state index in [0.717, 1.165) is 37.9 Å². The largest absolute Gasteiger partial charge is 0.497 e. The van der Waals surface area contributed by atoms with Crippen LogP contribution in [0.4, 0.5) is 0 Å². The molecular weight excluding hydrogens is 406 g/mol. The Morgan fingerprint density at radius 3 is 2.40 bits per heavy atom. The molecule has 166 valence electrons. The van der Waals surface area contributed by atoms with E-state index in [1.54, 1.807) is 19.2 Å². The van der Waals surface area contributed by atoms with Crippen molar-refractivity contribution in [2.24, 2.45) is 0 Å². The highest BCUT2D eigenvalue weighted by Gasteiger charge is 2.42. The Hall–Kier alpha value is -2.13. The summed E-state index contributed by atoms with van der Waals surface area (Å²) in [6.07, 6.45) is 3.31. The fraction of sp³-hybridized carbons (Fsp3) is 0.619. The molecule has 0 bridgehead atoms. The van der Waals surface area contributed by atoms with Crippen LogP contribution in [-0.4, -0.2) is 68.9 Å². The van der Waals surface area contributed by atoms with Gasteiger partial charge in [0, 0.05) is 13.0 Å². The van der Waals surface area contributed by atoms with Gasteiger partial charge in [-0.1, -0.05) is 18.6 Å². The van der Waals surface area contributed by atoms with Gasteiger partial charge in [0.2, 0.25) is 11.8 Å². The average molecular weight is 438 g/mol. The summed E-state index contributed by atoms with van der Waals surface area (Å²) >= 11 is 0. The number of hydrogen-bond donors (Lipinski definition) is 2. The van der Waals surface area contributed by atoms with Crippen LogP contribution in [-0.2, 0) is 19.4 Å². The van der Waals surface area contributed by atoms with E-state index in [-0.39, 0.29) is 35.8 Å². The standard InChI is InChI=1S/C21H31N3O5S/c1-15(25)22-18(16-6-8-17(29-2)9-7-16)12-21(26)23-19-13-30(27,28)14-20(19)24-10-4-3-5-11-24/h6-9,18-20H,3-5,10-14H2,1-2H3,(H,22,25)(H,23,26). The summed E-state index contributed by atoms with van der Waals surface area (Å²) in [6, 6.07) is 6.07. The number of methoxy groups -OCH3 is 1. The molecule has 2 N–H and O–H groups in total. The lowest BCUT2D eigenvalue weighted by Gasteiger charge is -2.35. The van der Waals surface area contributed by atoms with Crippen LogP contribution in [0.3, 0.4) is 0 Å². The number of carbonyl (C=O) groups excluding carboxylic acids is 2. The second kappa shape index (κ2) is 9.78. The number of hydrogen-bond acceptors (Lipinski definition) is 6. The molecule has 0 aromatic heterocycles. The lowest BCUT2D eigenvalue weighted by Crippen LogP contribution is -2.52. The fourth-order valence-corrected chi connectivity index (χ4v) is 6.31. The maximum atomic E-state index is 12.8. The summed E-state index contributed by atoms with van der Waals surface area (Å²) in [4.78, 5) is 26.7.